The number of phenolic OH excluding ortho intramolecular Hbond substituents is 1. The van der Waals surface area contributed by atoms with Gasteiger partial charge in [-0.1, -0.05) is 35.3 Å². The molecule has 0 aliphatic carbocycles. The zero-order chi connectivity index (χ0) is 22.3. The molecule has 2 N–H and O–H groups in total. The normalized spacial score (nSPS) is 15.6. The molecule has 0 spiro atoms. The van der Waals surface area contributed by atoms with E-state index in [1.54, 1.807) is 24.1 Å². The minimum absolute atomic E-state index is 0.148. The van der Waals surface area contributed by atoms with E-state index in [-0.39, 0.29) is 11.7 Å². The van der Waals surface area contributed by atoms with E-state index in [1.807, 2.05) is 32.0 Å². The number of aromatic amines is 1. The molecule has 1 atom stereocenters. The Morgan fingerprint density at radius 2 is 1.97 bits per heavy atom. The molecule has 1 amide bonds. The van der Waals surface area contributed by atoms with Crippen molar-refractivity contribution in [3.8, 4) is 17.0 Å². The van der Waals surface area contributed by atoms with E-state index in [9.17, 15) is 9.90 Å². The topological polar surface area (TPSA) is 78.5 Å². The van der Waals surface area contributed by atoms with Gasteiger partial charge in [-0.05, 0) is 55.2 Å². The van der Waals surface area contributed by atoms with E-state index in [0.717, 1.165) is 22.3 Å². The average Bonchev–Trinajstić information content (AvgIpc) is 3.27. The van der Waals surface area contributed by atoms with Gasteiger partial charge in [0.15, 0.2) is 0 Å². The Morgan fingerprint density at radius 1 is 1.19 bits per heavy atom. The maximum Gasteiger partial charge on any atom is 0.273 e. The van der Waals surface area contributed by atoms with Crippen LogP contribution in [0.1, 0.15) is 45.2 Å². The Bertz CT molecular complexity index is 1160. The van der Waals surface area contributed by atoms with Gasteiger partial charge in [0.25, 0.3) is 5.91 Å². The van der Waals surface area contributed by atoms with Gasteiger partial charge < -0.3 is 14.7 Å². The lowest BCUT2D eigenvalue weighted by Crippen LogP contribution is -2.31. The first-order valence-electron chi connectivity index (χ1n) is 9.97. The number of methoxy groups -OCH3 is 1. The van der Waals surface area contributed by atoms with Crippen LogP contribution in [0.25, 0.3) is 11.3 Å². The molecular weight excluding hydrogens is 437 g/mol. The SMILES string of the molecule is COCCCN1C(=O)c2[nH]nc(-c3cc(C)cc(C)c3O)c2C1c1ccc(Cl)c(Cl)c1. The second-order valence-corrected chi connectivity index (χ2v) is 8.57. The first-order valence-corrected chi connectivity index (χ1v) is 10.7. The van der Waals surface area contributed by atoms with Crippen LogP contribution in [0.5, 0.6) is 5.75 Å². The zero-order valence-electron chi connectivity index (χ0n) is 17.5. The number of benzene rings is 2. The van der Waals surface area contributed by atoms with Gasteiger partial charge in [-0.15, -0.1) is 0 Å². The van der Waals surface area contributed by atoms with Gasteiger partial charge in [0.1, 0.15) is 17.1 Å². The molecule has 1 aliphatic heterocycles. The van der Waals surface area contributed by atoms with Crippen LogP contribution in [-0.2, 0) is 4.74 Å². The molecular formula is C23H23Cl2N3O3. The Hall–Kier alpha value is -2.54. The van der Waals surface area contributed by atoms with Crippen LogP contribution in [0.3, 0.4) is 0 Å². The molecule has 2 aromatic carbocycles. The van der Waals surface area contributed by atoms with Crippen LogP contribution in [-0.4, -0.2) is 46.4 Å². The summed E-state index contributed by atoms with van der Waals surface area (Å²) < 4.78 is 5.18. The number of aromatic nitrogens is 2. The Labute approximate surface area is 190 Å². The molecule has 0 saturated carbocycles. The lowest BCUT2D eigenvalue weighted by Gasteiger charge is -2.26. The van der Waals surface area contributed by atoms with E-state index in [1.165, 1.54) is 0 Å². The van der Waals surface area contributed by atoms with Crippen molar-refractivity contribution < 1.29 is 14.6 Å². The molecule has 0 saturated heterocycles. The maximum atomic E-state index is 13.3. The average molecular weight is 460 g/mol. The highest BCUT2D eigenvalue weighted by Crippen LogP contribution is 2.46. The van der Waals surface area contributed by atoms with Crippen molar-refractivity contribution in [3.05, 3.63) is 68.3 Å². The monoisotopic (exact) mass is 459 g/mol. The Kier molecular flexibility index (Phi) is 5.97. The van der Waals surface area contributed by atoms with Crippen LogP contribution in [0.4, 0.5) is 0 Å². The fourth-order valence-corrected chi connectivity index (χ4v) is 4.49. The second-order valence-electron chi connectivity index (χ2n) is 7.76. The number of carbonyl (C=O) groups is 1. The molecule has 4 rings (SSSR count). The van der Waals surface area contributed by atoms with Gasteiger partial charge in [0.2, 0.25) is 0 Å². The molecule has 0 bridgehead atoms. The Morgan fingerprint density at radius 3 is 2.68 bits per heavy atom. The molecule has 0 fully saturated rings. The first kappa shape index (κ1) is 21.7. The number of aromatic hydroxyl groups is 1. The minimum Gasteiger partial charge on any atom is -0.507 e. The lowest BCUT2D eigenvalue weighted by atomic mass is 9.94. The molecule has 31 heavy (non-hydrogen) atoms. The Balaban J connectivity index is 1.89. The molecule has 0 radical (unpaired) electrons. The highest BCUT2D eigenvalue weighted by molar-refractivity contribution is 6.42. The quantitative estimate of drug-likeness (QED) is 0.490. The van der Waals surface area contributed by atoms with E-state index in [4.69, 9.17) is 27.9 Å². The summed E-state index contributed by atoms with van der Waals surface area (Å²) in [4.78, 5) is 15.1. The third-order valence-electron chi connectivity index (χ3n) is 5.57. The van der Waals surface area contributed by atoms with E-state index in [0.29, 0.717) is 46.6 Å². The van der Waals surface area contributed by atoms with Gasteiger partial charge in [0.05, 0.1) is 16.1 Å². The summed E-state index contributed by atoms with van der Waals surface area (Å²) in [5.74, 6) is 0.00265. The van der Waals surface area contributed by atoms with Gasteiger partial charge in [-0.3, -0.25) is 9.89 Å². The van der Waals surface area contributed by atoms with Crippen molar-refractivity contribution >= 4 is 29.1 Å². The first-order chi connectivity index (χ1) is 14.8. The van der Waals surface area contributed by atoms with E-state index in [2.05, 4.69) is 10.2 Å². The number of H-pyrrole nitrogens is 1. The number of aryl methyl sites for hydroxylation is 2. The fourth-order valence-electron chi connectivity index (χ4n) is 4.18. The van der Waals surface area contributed by atoms with E-state index >= 15 is 0 Å². The van der Waals surface area contributed by atoms with Crippen molar-refractivity contribution in [2.45, 2.75) is 26.3 Å². The van der Waals surface area contributed by atoms with Crippen molar-refractivity contribution in [1.29, 1.82) is 0 Å². The van der Waals surface area contributed by atoms with Gasteiger partial charge >= 0.3 is 0 Å². The third-order valence-corrected chi connectivity index (χ3v) is 6.31. The number of phenols is 1. The second kappa shape index (κ2) is 8.54. The van der Waals surface area contributed by atoms with Gasteiger partial charge in [-0.2, -0.15) is 5.10 Å². The van der Waals surface area contributed by atoms with Crippen molar-refractivity contribution in [2.24, 2.45) is 0 Å². The predicted molar refractivity (Wildman–Crippen MR) is 121 cm³/mol. The predicted octanol–water partition coefficient (Wildman–Crippen LogP) is 5.29. The summed E-state index contributed by atoms with van der Waals surface area (Å²) in [6.07, 6.45) is 0.682. The number of fused-ring (bicyclic) bond motifs is 1. The standard InChI is InChI=1S/C23H23Cl2N3O3/c1-12-9-13(2)22(29)15(10-12)19-18-20(27-26-19)23(30)28(7-4-8-31-3)21(18)14-5-6-16(24)17(25)11-14/h5-6,9-11,21,29H,4,7-8H2,1-3H3,(H,26,27). The highest BCUT2D eigenvalue weighted by Gasteiger charge is 2.42. The van der Waals surface area contributed by atoms with Crippen LogP contribution in [0, 0.1) is 13.8 Å². The summed E-state index contributed by atoms with van der Waals surface area (Å²) in [6.45, 7) is 4.84. The number of nitrogens with one attached hydrogen (secondary N) is 1. The summed E-state index contributed by atoms with van der Waals surface area (Å²) in [6, 6.07) is 8.74. The molecule has 2 heterocycles. The fraction of sp³-hybridized carbons (Fsp3) is 0.304. The molecule has 8 heteroatoms. The smallest absolute Gasteiger partial charge is 0.273 e. The maximum absolute atomic E-state index is 13.3. The van der Waals surface area contributed by atoms with Crippen LogP contribution >= 0.6 is 23.2 Å². The lowest BCUT2D eigenvalue weighted by molar-refractivity contribution is 0.0723. The molecule has 6 nitrogen and oxygen atoms in total. The number of hydrogen-bond donors (Lipinski definition) is 2. The molecule has 3 aromatic rings. The summed E-state index contributed by atoms with van der Waals surface area (Å²) >= 11 is 12.4. The van der Waals surface area contributed by atoms with Crippen LogP contribution in [0.2, 0.25) is 10.0 Å². The van der Waals surface area contributed by atoms with Gasteiger partial charge in [0, 0.05) is 31.4 Å². The van der Waals surface area contributed by atoms with E-state index < -0.39 is 6.04 Å². The molecule has 162 valence electrons. The number of carbonyl (C=O) groups excluding carboxylic acids is 1. The highest BCUT2D eigenvalue weighted by atomic mass is 35.5. The number of ether oxygens (including phenoxy) is 1. The van der Waals surface area contributed by atoms with Crippen molar-refractivity contribution in [3.63, 3.8) is 0 Å². The van der Waals surface area contributed by atoms with Crippen molar-refractivity contribution in [2.75, 3.05) is 20.3 Å². The largest absolute Gasteiger partial charge is 0.507 e. The molecule has 1 aromatic heterocycles. The van der Waals surface area contributed by atoms with Crippen molar-refractivity contribution in [1.82, 2.24) is 15.1 Å². The van der Waals surface area contributed by atoms with Gasteiger partial charge in [-0.25, -0.2) is 0 Å². The van der Waals surface area contributed by atoms with Crippen LogP contribution < -0.4 is 0 Å². The number of hydrogen-bond acceptors (Lipinski definition) is 4. The minimum atomic E-state index is -0.414. The number of halogens is 2. The zero-order valence-corrected chi connectivity index (χ0v) is 19.0. The van der Waals surface area contributed by atoms with Crippen LogP contribution in [0.15, 0.2) is 30.3 Å². The molecule has 1 unspecified atom stereocenters. The summed E-state index contributed by atoms with van der Waals surface area (Å²) in [7, 11) is 1.63. The number of amides is 1. The summed E-state index contributed by atoms with van der Waals surface area (Å²) in [5.41, 5.74) is 4.85. The number of nitrogens with zero attached hydrogens (tertiary/aromatic N) is 2. The third kappa shape index (κ3) is 3.80. The summed E-state index contributed by atoms with van der Waals surface area (Å²) in [5, 5.41) is 19.0. The molecule has 1 aliphatic rings. The number of rotatable bonds is 6.